The SMILES string of the molecule is NCc1ccc(N2CCCC2CO)cc1Cl. The minimum atomic E-state index is 0.205. The summed E-state index contributed by atoms with van der Waals surface area (Å²) in [5.74, 6) is 0. The van der Waals surface area contributed by atoms with Crippen LogP contribution < -0.4 is 10.6 Å². The number of halogens is 1. The predicted molar refractivity (Wildman–Crippen MR) is 66.8 cm³/mol. The molecule has 0 radical (unpaired) electrons. The van der Waals surface area contributed by atoms with Crippen molar-refractivity contribution in [1.82, 2.24) is 0 Å². The molecule has 0 amide bonds. The monoisotopic (exact) mass is 240 g/mol. The van der Waals surface area contributed by atoms with E-state index in [1.54, 1.807) is 0 Å². The summed E-state index contributed by atoms with van der Waals surface area (Å²) in [5.41, 5.74) is 7.61. The van der Waals surface area contributed by atoms with E-state index in [-0.39, 0.29) is 12.6 Å². The molecule has 2 rings (SSSR count). The lowest BCUT2D eigenvalue weighted by atomic mass is 10.1. The summed E-state index contributed by atoms with van der Waals surface area (Å²) in [6.45, 7) is 1.66. The van der Waals surface area contributed by atoms with Crippen molar-refractivity contribution in [3.63, 3.8) is 0 Å². The Kier molecular flexibility index (Phi) is 3.69. The average Bonchev–Trinajstić information content (AvgIpc) is 2.77. The van der Waals surface area contributed by atoms with Crippen molar-refractivity contribution in [2.45, 2.75) is 25.4 Å². The maximum absolute atomic E-state index is 9.27. The van der Waals surface area contributed by atoms with Crippen LogP contribution in [0.1, 0.15) is 18.4 Å². The van der Waals surface area contributed by atoms with Crippen molar-refractivity contribution >= 4 is 17.3 Å². The minimum absolute atomic E-state index is 0.205. The molecular weight excluding hydrogens is 224 g/mol. The molecule has 1 unspecified atom stereocenters. The van der Waals surface area contributed by atoms with Gasteiger partial charge in [-0.3, -0.25) is 0 Å². The fraction of sp³-hybridized carbons (Fsp3) is 0.500. The fourth-order valence-corrected chi connectivity index (χ4v) is 2.50. The molecule has 1 fully saturated rings. The Morgan fingerprint density at radius 1 is 1.50 bits per heavy atom. The second-order valence-corrected chi connectivity index (χ2v) is 4.56. The van der Waals surface area contributed by atoms with Crippen LogP contribution in [-0.4, -0.2) is 24.3 Å². The second kappa shape index (κ2) is 5.04. The van der Waals surface area contributed by atoms with Gasteiger partial charge in [0.1, 0.15) is 0 Å². The van der Waals surface area contributed by atoms with Crippen molar-refractivity contribution in [1.29, 1.82) is 0 Å². The molecule has 16 heavy (non-hydrogen) atoms. The zero-order valence-corrected chi connectivity index (χ0v) is 9.95. The van der Waals surface area contributed by atoms with Crippen molar-refractivity contribution in [3.05, 3.63) is 28.8 Å². The van der Waals surface area contributed by atoms with Crippen molar-refractivity contribution in [2.24, 2.45) is 5.73 Å². The molecule has 0 aromatic heterocycles. The van der Waals surface area contributed by atoms with E-state index in [1.165, 1.54) is 0 Å². The first-order chi connectivity index (χ1) is 7.76. The fourth-order valence-electron chi connectivity index (χ4n) is 2.25. The van der Waals surface area contributed by atoms with E-state index in [1.807, 2.05) is 18.2 Å². The Balaban J connectivity index is 2.23. The summed E-state index contributed by atoms with van der Waals surface area (Å²) in [5, 5.41) is 9.98. The second-order valence-electron chi connectivity index (χ2n) is 4.15. The third kappa shape index (κ3) is 2.17. The standard InChI is InChI=1S/C12H17ClN2O/c13-12-6-10(4-3-9(12)7-14)15-5-1-2-11(15)8-16/h3-4,6,11,16H,1-2,5,7-8,14H2. The number of aliphatic hydroxyl groups excluding tert-OH is 1. The molecule has 0 saturated carbocycles. The Morgan fingerprint density at radius 3 is 2.94 bits per heavy atom. The van der Waals surface area contributed by atoms with E-state index in [4.69, 9.17) is 17.3 Å². The zero-order chi connectivity index (χ0) is 11.5. The quantitative estimate of drug-likeness (QED) is 0.847. The third-order valence-corrected chi connectivity index (χ3v) is 3.53. The molecule has 1 atom stereocenters. The zero-order valence-electron chi connectivity index (χ0n) is 9.19. The first-order valence-electron chi connectivity index (χ1n) is 5.62. The van der Waals surface area contributed by atoms with E-state index in [9.17, 15) is 5.11 Å². The highest BCUT2D eigenvalue weighted by Crippen LogP contribution is 2.29. The van der Waals surface area contributed by atoms with Gasteiger partial charge in [0.25, 0.3) is 0 Å². The molecule has 3 N–H and O–H groups in total. The first-order valence-corrected chi connectivity index (χ1v) is 6.00. The Hall–Kier alpha value is -0.770. The maximum atomic E-state index is 9.27. The van der Waals surface area contributed by atoms with Gasteiger partial charge in [0.2, 0.25) is 0 Å². The van der Waals surface area contributed by atoms with Crippen LogP contribution in [0.2, 0.25) is 5.02 Å². The number of nitrogens with two attached hydrogens (primary N) is 1. The van der Waals surface area contributed by atoms with Crippen LogP contribution in [0.3, 0.4) is 0 Å². The molecule has 3 nitrogen and oxygen atoms in total. The van der Waals surface area contributed by atoms with Gasteiger partial charge in [-0.15, -0.1) is 0 Å². The summed E-state index contributed by atoms with van der Waals surface area (Å²) in [6, 6.07) is 6.17. The topological polar surface area (TPSA) is 49.5 Å². The minimum Gasteiger partial charge on any atom is -0.394 e. The number of nitrogens with zero attached hydrogens (tertiary/aromatic N) is 1. The summed E-state index contributed by atoms with van der Waals surface area (Å²) >= 11 is 6.13. The Bertz CT molecular complexity index is 370. The number of anilines is 1. The third-order valence-electron chi connectivity index (χ3n) is 3.18. The molecule has 1 saturated heterocycles. The van der Waals surface area contributed by atoms with Crippen LogP contribution in [0.4, 0.5) is 5.69 Å². The molecule has 88 valence electrons. The highest BCUT2D eigenvalue weighted by molar-refractivity contribution is 6.31. The predicted octanol–water partition coefficient (Wildman–Crippen LogP) is 1.76. The molecule has 1 aromatic carbocycles. The number of hydrogen-bond acceptors (Lipinski definition) is 3. The van der Waals surface area contributed by atoms with E-state index < -0.39 is 0 Å². The van der Waals surface area contributed by atoms with Crippen molar-refractivity contribution in [3.8, 4) is 0 Å². The highest BCUT2D eigenvalue weighted by Gasteiger charge is 2.24. The van der Waals surface area contributed by atoms with Crippen LogP contribution in [-0.2, 0) is 6.54 Å². The molecule has 0 bridgehead atoms. The average molecular weight is 241 g/mol. The van der Waals surface area contributed by atoms with Gasteiger partial charge in [-0.25, -0.2) is 0 Å². The van der Waals surface area contributed by atoms with Gasteiger partial charge in [0, 0.05) is 23.8 Å². The number of rotatable bonds is 3. The smallest absolute Gasteiger partial charge is 0.0635 e. The Labute approximate surface area is 101 Å². The van der Waals surface area contributed by atoms with Gasteiger partial charge < -0.3 is 15.7 Å². The van der Waals surface area contributed by atoms with Crippen LogP contribution in [0, 0.1) is 0 Å². The summed E-state index contributed by atoms with van der Waals surface area (Å²) < 4.78 is 0. The normalized spacial score (nSPS) is 20.4. The van der Waals surface area contributed by atoms with E-state index in [2.05, 4.69) is 4.90 Å². The van der Waals surface area contributed by atoms with Gasteiger partial charge in [0.15, 0.2) is 0 Å². The molecule has 1 aliphatic rings. The summed E-state index contributed by atoms with van der Waals surface area (Å²) in [6.07, 6.45) is 2.17. The van der Waals surface area contributed by atoms with Gasteiger partial charge >= 0.3 is 0 Å². The van der Waals surface area contributed by atoms with E-state index >= 15 is 0 Å². The molecule has 1 aliphatic heterocycles. The van der Waals surface area contributed by atoms with E-state index in [0.29, 0.717) is 11.6 Å². The summed E-state index contributed by atoms with van der Waals surface area (Å²) in [4.78, 5) is 2.21. The molecule has 0 spiro atoms. The van der Waals surface area contributed by atoms with Crippen LogP contribution >= 0.6 is 11.6 Å². The molecule has 1 heterocycles. The van der Waals surface area contributed by atoms with Gasteiger partial charge in [-0.2, -0.15) is 0 Å². The van der Waals surface area contributed by atoms with Gasteiger partial charge in [-0.1, -0.05) is 17.7 Å². The molecule has 0 aliphatic carbocycles. The lowest BCUT2D eigenvalue weighted by Crippen LogP contribution is -2.31. The molecule has 4 heteroatoms. The Morgan fingerprint density at radius 2 is 2.31 bits per heavy atom. The van der Waals surface area contributed by atoms with E-state index in [0.717, 1.165) is 30.6 Å². The lowest BCUT2D eigenvalue weighted by Gasteiger charge is -2.25. The molecular formula is C12H17ClN2O. The highest BCUT2D eigenvalue weighted by atomic mass is 35.5. The van der Waals surface area contributed by atoms with Crippen molar-refractivity contribution < 1.29 is 5.11 Å². The van der Waals surface area contributed by atoms with Crippen LogP contribution in [0.15, 0.2) is 18.2 Å². The maximum Gasteiger partial charge on any atom is 0.0635 e. The molecule has 1 aromatic rings. The first kappa shape index (κ1) is 11.7. The van der Waals surface area contributed by atoms with Gasteiger partial charge in [0.05, 0.1) is 12.6 Å². The van der Waals surface area contributed by atoms with Crippen LogP contribution in [0.5, 0.6) is 0 Å². The number of benzene rings is 1. The summed E-state index contributed by atoms with van der Waals surface area (Å²) in [7, 11) is 0. The number of hydrogen-bond donors (Lipinski definition) is 2. The largest absolute Gasteiger partial charge is 0.394 e. The van der Waals surface area contributed by atoms with Crippen LogP contribution in [0.25, 0.3) is 0 Å². The lowest BCUT2D eigenvalue weighted by molar-refractivity contribution is 0.266. The van der Waals surface area contributed by atoms with Crippen molar-refractivity contribution in [2.75, 3.05) is 18.1 Å². The number of aliphatic hydroxyl groups is 1. The van der Waals surface area contributed by atoms with Gasteiger partial charge in [-0.05, 0) is 30.5 Å².